The summed E-state index contributed by atoms with van der Waals surface area (Å²) in [5.41, 5.74) is 18.5. The predicted octanol–water partition coefficient (Wildman–Crippen LogP) is 1.65. The second-order valence-electron chi connectivity index (χ2n) is 7.39. The predicted molar refractivity (Wildman–Crippen MR) is 125 cm³/mol. The van der Waals surface area contributed by atoms with Gasteiger partial charge in [-0.2, -0.15) is 0 Å². The number of phenolic OH excluding ortho intramolecular Hbond substituents is 1. The first-order chi connectivity index (χ1) is 17.0. The van der Waals surface area contributed by atoms with Crippen molar-refractivity contribution < 1.29 is 33.3 Å². The summed E-state index contributed by atoms with van der Waals surface area (Å²) in [5, 5.41) is 27.6. The Morgan fingerprint density at radius 1 is 1.22 bits per heavy atom. The Balaban J connectivity index is 2.05. The summed E-state index contributed by atoms with van der Waals surface area (Å²) in [7, 11) is 0. The van der Waals surface area contributed by atoms with Crippen molar-refractivity contribution in [3.05, 3.63) is 71.1 Å². The molecule has 1 aliphatic rings. The molecule has 2 aromatic carbocycles. The van der Waals surface area contributed by atoms with E-state index in [0.29, 0.717) is 5.01 Å². The normalized spacial score (nSPS) is 15.5. The fourth-order valence-electron chi connectivity index (χ4n) is 3.06. The smallest absolute Gasteiger partial charge is 0.319 e. The van der Waals surface area contributed by atoms with Crippen molar-refractivity contribution in [2.24, 2.45) is 22.2 Å². The number of amidine groups is 1. The third-order valence-corrected chi connectivity index (χ3v) is 4.75. The fraction of sp³-hybridized carbons (Fsp3) is 0.136. The van der Waals surface area contributed by atoms with Gasteiger partial charge < -0.3 is 36.9 Å². The number of carboxylic acids is 1. The number of ether oxygens (including phenoxy) is 2. The second kappa shape index (κ2) is 10.6. The van der Waals surface area contributed by atoms with Gasteiger partial charge in [0, 0.05) is 17.2 Å². The number of halogens is 2. The van der Waals surface area contributed by atoms with Gasteiger partial charge in [0.1, 0.15) is 18.1 Å². The zero-order valence-electron chi connectivity index (χ0n) is 18.8. The summed E-state index contributed by atoms with van der Waals surface area (Å²) in [6.45, 7) is 0.348. The van der Waals surface area contributed by atoms with Crippen molar-refractivity contribution in [1.82, 2.24) is 10.4 Å². The zero-order valence-corrected chi connectivity index (χ0v) is 18.8. The number of hydrogen-bond acceptors (Lipinski definition) is 8. The lowest BCUT2D eigenvalue weighted by Gasteiger charge is -2.36. The third-order valence-electron chi connectivity index (χ3n) is 4.75. The Morgan fingerprint density at radius 2 is 1.94 bits per heavy atom. The first-order valence-corrected chi connectivity index (χ1v) is 10.2. The monoisotopic (exact) mass is 503 g/mol. The maximum Gasteiger partial charge on any atom is 0.319 e. The molecule has 0 radical (unpaired) electrons. The standard InChI is InChI=1S/C22H23F2N7O5/c1-10-17(23)20(35-13-4-2-3-12(8-13)30-22(27)28)31(29-9-16(33)34)21(18(10)24)36-15-7-11(19(25)26)5-6-14(15)32/h2-8,21,29,32H,9H2,1H3,(H3,25,26)(H,33,34)(H4,27,28,30). The van der Waals surface area contributed by atoms with Gasteiger partial charge in [-0.05, 0) is 37.3 Å². The van der Waals surface area contributed by atoms with Crippen molar-refractivity contribution in [3.63, 3.8) is 0 Å². The molecule has 10 N–H and O–H groups in total. The van der Waals surface area contributed by atoms with Crippen molar-refractivity contribution in [3.8, 4) is 17.2 Å². The van der Waals surface area contributed by atoms with Crippen LogP contribution in [0, 0.1) is 5.41 Å². The van der Waals surface area contributed by atoms with Crippen LogP contribution < -0.4 is 32.1 Å². The molecule has 2 aromatic rings. The summed E-state index contributed by atoms with van der Waals surface area (Å²) in [6, 6.07) is 9.52. The second-order valence-corrected chi connectivity index (χ2v) is 7.39. The molecule has 0 amide bonds. The lowest BCUT2D eigenvalue weighted by Crippen LogP contribution is -2.53. The molecule has 190 valence electrons. The maximum atomic E-state index is 15.3. The van der Waals surface area contributed by atoms with Crippen LogP contribution in [-0.4, -0.2) is 45.8 Å². The molecule has 0 aromatic heterocycles. The molecular formula is C22H23F2N7O5. The van der Waals surface area contributed by atoms with Crippen LogP contribution in [0.25, 0.3) is 0 Å². The SMILES string of the molecule is CC1=C(F)C(Oc2cc(C(=N)N)ccc2O)N(NCC(=O)O)C(Oc2cccc(N=C(N)N)c2)=C1F. The molecule has 0 saturated heterocycles. The number of nitrogens with one attached hydrogen (secondary N) is 2. The number of rotatable bonds is 9. The number of nitrogen functional groups attached to an aromatic ring is 1. The Labute approximate surface area is 203 Å². The van der Waals surface area contributed by atoms with Crippen LogP contribution in [0.4, 0.5) is 14.5 Å². The minimum Gasteiger partial charge on any atom is -0.504 e. The molecule has 0 bridgehead atoms. The highest BCUT2D eigenvalue weighted by Gasteiger charge is 2.39. The largest absolute Gasteiger partial charge is 0.504 e. The summed E-state index contributed by atoms with van der Waals surface area (Å²) in [4.78, 5) is 15.1. The minimum atomic E-state index is -1.83. The number of nitrogens with two attached hydrogens (primary N) is 3. The van der Waals surface area contributed by atoms with E-state index in [2.05, 4.69) is 10.4 Å². The number of carboxylic acid groups (broad SMARTS) is 1. The Bertz CT molecular complexity index is 1290. The average molecular weight is 503 g/mol. The van der Waals surface area contributed by atoms with E-state index in [4.69, 9.17) is 37.2 Å². The van der Waals surface area contributed by atoms with Crippen molar-refractivity contribution in [1.29, 1.82) is 5.41 Å². The molecule has 1 aliphatic heterocycles. The number of hydrazine groups is 1. The van der Waals surface area contributed by atoms with E-state index in [-0.39, 0.29) is 34.5 Å². The number of phenols is 1. The van der Waals surface area contributed by atoms with Crippen LogP contribution in [0.1, 0.15) is 12.5 Å². The molecule has 12 nitrogen and oxygen atoms in total. The highest BCUT2D eigenvalue weighted by Crippen LogP contribution is 2.37. The molecule has 1 unspecified atom stereocenters. The topological polar surface area (TPSA) is 206 Å². The van der Waals surface area contributed by atoms with Crippen LogP contribution in [-0.2, 0) is 4.79 Å². The molecule has 14 heteroatoms. The van der Waals surface area contributed by atoms with Gasteiger partial charge in [-0.1, -0.05) is 6.07 Å². The van der Waals surface area contributed by atoms with Gasteiger partial charge >= 0.3 is 5.97 Å². The number of aromatic hydroxyl groups is 1. The molecular weight excluding hydrogens is 480 g/mol. The lowest BCUT2D eigenvalue weighted by molar-refractivity contribution is -0.137. The zero-order chi connectivity index (χ0) is 26.6. The number of aliphatic carboxylic acids is 1. The number of aliphatic imine (C=N–C) groups is 1. The van der Waals surface area contributed by atoms with E-state index in [9.17, 15) is 9.90 Å². The summed E-state index contributed by atoms with van der Waals surface area (Å²) < 4.78 is 41.7. The van der Waals surface area contributed by atoms with Crippen LogP contribution in [0.15, 0.2) is 70.6 Å². The van der Waals surface area contributed by atoms with E-state index in [1.54, 1.807) is 6.07 Å². The van der Waals surface area contributed by atoms with E-state index in [1.165, 1.54) is 36.4 Å². The summed E-state index contributed by atoms with van der Waals surface area (Å²) in [6.07, 6.45) is -1.83. The van der Waals surface area contributed by atoms with Crippen LogP contribution >= 0.6 is 0 Å². The third kappa shape index (κ3) is 5.79. The number of allylic oxidation sites excluding steroid dienone is 2. The Morgan fingerprint density at radius 3 is 2.58 bits per heavy atom. The Hall–Kier alpha value is -4.85. The number of guanidine groups is 1. The van der Waals surface area contributed by atoms with Crippen LogP contribution in [0.5, 0.6) is 17.2 Å². The van der Waals surface area contributed by atoms with Gasteiger partial charge in [0.2, 0.25) is 6.23 Å². The summed E-state index contributed by atoms with van der Waals surface area (Å²) in [5.74, 6) is -5.59. The van der Waals surface area contributed by atoms with Crippen molar-refractivity contribution >= 4 is 23.5 Å². The maximum absolute atomic E-state index is 15.3. The van der Waals surface area contributed by atoms with Gasteiger partial charge in [-0.3, -0.25) is 10.2 Å². The quantitative estimate of drug-likeness (QED) is 0.194. The van der Waals surface area contributed by atoms with E-state index < -0.39 is 47.6 Å². The fourth-order valence-corrected chi connectivity index (χ4v) is 3.06. The minimum absolute atomic E-state index is 0.0278. The molecule has 3 rings (SSSR count). The Kier molecular flexibility index (Phi) is 7.59. The molecule has 0 saturated carbocycles. The molecule has 0 aliphatic carbocycles. The van der Waals surface area contributed by atoms with Crippen molar-refractivity contribution in [2.75, 3.05) is 6.54 Å². The van der Waals surface area contributed by atoms with E-state index in [1.807, 2.05) is 0 Å². The highest BCUT2D eigenvalue weighted by molar-refractivity contribution is 5.95. The van der Waals surface area contributed by atoms with Gasteiger partial charge in [0.05, 0.1) is 5.69 Å². The highest BCUT2D eigenvalue weighted by atomic mass is 19.1. The van der Waals surface area contributed by atoms with Gasteiger partial charge in [-0.15, -0.1) is 0 Å². The van der Waals surface area contributed by atoms with Gasteiger partial charge in [-0.25, -0.2) is 24.2 Å². The summed E-state index contributed by atoms with van der Waals surface area (Å²) >= 11 is 0. The lowest BCUT2D eigenvalue weighted by atomic mass is 10.1. The molecule has 36 heavy (non-hydrogen) atoms. The number of nitrogens with zero attached hydrogens (tertiary/aromatic N) is 2. The van der Waals surface area contributed by atoms with Crippen LogP contribution in [0.3, 0.4) is 0 Å². The van der Waals surface area contributed by atoms with E-state index >= 15 is 8.78 Å². The number of hydrogen-bond donors (Lipinski definition) is 7. The molecule has 0 fully saturated rings. The number of carbonyl (C=O) groups is 1. The van der Waals surface area contributed by atoms with Crippen LogP contribution in [0.2, 0.25) is 0 Å². The van der Waals surface area contributed by atoms with E-state index in [0.717, 1.165) is 6.92 Å². The molecule has 0 spiro atoms. The first kappa shape index (κ1) is 25.8. The van der Waals surface area contributed by atoms with Crippen molar-refractivity contribution in [2.45, 2.75) is 13.2 Å². The average Bonchev–Trinajstić information content (AvgIpc) is 2.81. The first-order valence-electron chi connectivity index (χ1n) is 10.2. The molecule has 1 heterocycles. The molecule has 1 atom stereocenters. The van der Waals surface area contributed by atoms with Gasteiger partial charge in [0.15, 0.2) is 29.1 Å². The van der Waals surface area contributed by atoms with Gasteiger partial charge in [0.25, 0.3) is 5.88 Å². The number of benzene rings is 2.